The lowest BCUT2D eigenvalue weighted by atomic mass is 10.1. The van der Waals surface area contributed by atoms with Crippen molar-refractivity contribution in [2.45, 2.75) is 12.7 Å². The minimum atomic E-state index is -4.46. The summed E-state index contributed by atoms with van der Waals surface area (Å²) in [6, 6.07) is 13.4. The Balaban J connectivity index is 1.66. The van der Waals surface area contributed by atoms with Crippen LogP contribution in [-0.2, 0) is 12.7 Å². The van der Waals surface area contributed by atoms with Gasteiger partial charge < -0.3 is 15.8 Å². The van der Waals surface area contributed by atoms with Gasteiger partial charge in [0.2, 0.25) is 0 Å². The van der Waals surface area contributed by atoms with Crippen molar-refractivity contribution in [3.05, 3.63) is 94.4 Å². The molecule has 10 heteroatoms. The molecule has 0 aliphatic carbocycles. The number of pyridine rings is 1. The Morgan fingerprint density at radius 2 is 1.79 bits per heavy atom. The zero-order valence-electron chi connectivity index (χ0n) is 17.3. The number of carbonyl (C=O) groups is 1. The highest BCUT2D eigenvalue weighted by Crippen LogP contribution is 2.35. The van der Waals surface area contributed by atoms with Crippen LogP contribution in [0.2, 0.25) is 5.02 Å². The molecule has 0 unspecified atom stereocenters. The second-order valence-corrected chi connectivity index (χ2v) is 7.60. The molecule has 0 saturated carbocycles. The molecule has 1 heterocycles. The topological polar surface area (TPSA) is 77.2 Å². The molecule has 0 saturated heterocycles. The first-order valence-corrected chi connectivity index (χ1v) is 10.3. The number of hydrogen-bond acceptors (Lipinski definition) is 4. The zero-order chi connectivity index (χ0) is 24.5. The number of nitrogens with two attached hydrogens (primary N) is 1. The van der Waals surface area contributed by atoms with E-state index in [9.17, 15) is 22.4 Å². The number of rotatable bonds is 5. The van der Waals surface area contributed by atoms with E-state index in [2.05, 4.69) is 10.3 Å². The van der Waals surface area contributed by atoms with Crippen molar-refractivity contribution < 1.29 is 27.1 Å². The van der Waals surface area contributed by atoms with Gasteiger partial charge in [-0.1, -0.05) is 23.7 Å². The smallest absolute Gasteiger partial charge is 0.416 e. The van der Waals surface area contributed by atoms with Gasteiger partial charge >= 0.3 is 6.18 Å². The lowest BCUT2D eigenvalue weighted by molar-refractivity contribution is -0.137. The molecule has 0 aliphatic heterocycles. The number of nitrogens with zero attached hydrogens (tertiary/aromatic N) is 1. The molecule has 0 radical (unpaired) electrons. The Morgan fingerprint density at radius 3 is 2.47 bits per heavy atom. The summed E-state index contributed by atoms with van der Waals surface area (Å²) in [5.74, 6) is -1.12. The van der Waals surface area contributed by atoms with Crippen molar-refractivity contribution in [1.82, 2.24) is 4.98 Å². The van der Waals surface area contributed by atoms with E-state index in [0.717, 1.165) is 12.1 Å². The summed E-state index contributed by atoms with van der Waals surface area (Å²) in [7, 11) is 0. The Bertz CT molecular complexity index is 1380. The number of nitrogens with one attached hydrogen (secondary N) is 1. The Hall–Kier alpha value is -3.69. The minimum absolute atomic E-state index is 0.0771. The third-order valence-corrected chi connectivity index (χ3v) is 5.32. The molecular weight excluding hydrogens is 474 g/mol. The molecule has 3 aromatic carbocycles. The van der Waals surface area contributed by atoms with Gasteiger partial charge in [-0.15, -0.1) is 0 Å². The predicted molar refractivity (Wildman–Crippen MR) is 121 cm³/mol. The maximum atomic E-state index is 14.7. The van der Waals surface area contributed by atoms with Crippen LogP contribution in [0, 0.1) is 5.82 Å². The number of ether oxygens (including phenoxy) is 1. The molecule has 3 N–H and O–H groups in total. The van der Waals surface area contributed by atoms with Crippen LogP contribution in [0.4, 0.5) is 23.2 Å². The van der Waals surface area contributed by atoms with Crippen LogP contribution in [0.25, 0.3) is 10.9 Å². The molecule has 0 atom stereocenters. The van der Waals surface area contributed by atoms with Crippen molar-refractivity contribution in [2.24, 2.45) is 5.73 Å². The number of amides is 1. The zero-order valence-corrected chi connectivity index (χ0v) is 18.0. The van der Waals surface area contributed by atoms with Gasteiger partial charge in [-0.25, -0.2) is 4.39 Å². The van der Waals surface area contributed by atoms with Crippen molar-refractivity contribution in [3.8, 4) is 11.5 Å². The second kappa shape index (κ2) is 9.28. The average Bonchev–Trinajstić information content (AvgIpc) is 2.79. The molecule has 4 rings (SSSR count). The van der Waals surface area contributed by atoms with Gasteiger partial charge in [0.05, 0.1) is 27.4 Å². The van der Waals surface area contributed by atoms with Gasteiger partial charge in [-0.3, -0.25) is 9.78 Å². The number of aromatic nitrogens is 1. The minimum Gasteiger partial charge on any atom is -0.457 e. The maximum Gasteiger partial charge on any atom is 0.416 e. The maximum absolute atomic E-state index is 14.7. The number of para-hydroxylation sites is 1. The summed E-state index contributed by atoms with van der Waals surface area (Å²) < 4.78 is 58.8. The SMILES string of the molecule is NCc1ccc(Cl)c(C(=O)Nc2cccc3c(Oc4ccc(C(F)(F)F)cc4)ccnc23)c1F. The number of hydrogen-bond donors (Lipinski definition) is 2. The van der Waals surface area contributed by atoms with Crippen molar-refractivity contribution in [3.63, 3.8) is 0 Å². The molecule has 0 fully saturated rings. The fourth-order valence-electron chi connectivity index (χ4n) is 3.33. The average molecular weight is 490 g/mol. The first-order chi connectivity index (χ1) is 16.2. The van der Waals surface area contributed by atoms with E-state index in [4.69, 9.17) is 22.1 Å². The Morgan fingerprint density at radius 1 is 1.06 bits per heavy atom. The van der Waals surface area contributed by atoms with Gasteiger partial charge in [-0.2, -0.15) is 13.2 Å². The lowest BCUT2D eigenvalue weighted by Crippen LogP contribution is -2.16. The quantitative estimate of drug-likeness (QED) is 0.312. The molecule has 0 aliphatic rings. The van der Waals surface area contributed by atoms with Crippen LogP contribution in [0.3, 0.4) is 0 Å². The molecule has 1 amide bonds. The number of carbonyl (C=O) groups excluding carboxylic acids is 1. The monoisotopic (exact) mass is 489 g/mol. The summed E-state index contributed by atoms with van der Waals surface area (Å²) in [4.78, 5) is 17.1. The van der Waals surface area contributed by atoms with Crippen LogP contribution in [-0.4, -0.2) is 10.9 Å². The number of halogens is 5. The van der Waals surface area contributed by atoms with Crippen LogP contribution in [0.5, 0.6) is 11.5 Å². The van der Waals surface area contributed by atoms with Gasteiger partial charge in [0.15, 0.2) is 0 Å². The highest BCUT2D eigenvalue weighted by Gasteiger charge is 2.30. The molecular formula is C24H16ClF4N3O2. The summed E-state index contributed by atoms with van der Waals surface area (Å²) in [6.07, 6.45) is -3.04. The van der Waals surface area contributed by atoms with E-state index in [-0.39, 0.29) is 34.1 Å². The first kappa shape index (κ1) is 23.5. The summed E-state index contributed by atoms with van der Waals surface area (Å²) in [5, 5.41) is 3.00. The summed E-state index contributed by atoms with van der Waals surface area (Å²) >= 11 is 6.04. The molecule has 174 valence electrons. The Labute approximate surface area is 196 Å². The number of benzene rings is 3. The fourth-order valence-corrected chi connectivity index (χ4v) is 3.56. The fraction of sp³-hybridized carbons (Fsp3) is 0.0833. The third kappa shape index (κ3) is 4.66. The first-order valence-electron chi connectivity index (χ1n) is 9.90. The van der Waals surface area contributed by atoms with E-state index in [1.54, 1.807) is 18.2 Å². The number of anilines is 1. The van der Waals surface area contributed by atoms with Crippen LogP contribution < -0.4 is 15.8 Å². The lowest BCUT2D eigenvalue weighted by Gasteiger charge is -2.14. The summed E-state index contributed by atoms with van der Waals surface area (Å²) in [6.45, 7) is -0.107. The van der Waals surface area contributed by atoms with Gasteiger partial charge in [0.1, 0.15) is 17.3 Å². The van der Waals surface area contributed by atoms with E-state index in [1.807, 2.05) is 0 Å². The summed E-state index contributed by atoms with van der Waals surface area (Å²) in [5.41, 5.74) is 5.09. The number of fused-ring (bicyclic) bond motifs is 1. The standard InChI is InChI=1S/C24H16ClF4N3O2/c25-17-9-4-13(12-30)21(26)20(17)23(33)32-18-3-1-2-16-19(10-11-31-22(16)18)34-15-7-5-14(6-8-15)24(27,28)29/h1-11H,12,30H2,(H,32,33). The van der Waals surface area contributed by atoms with Crippen molar-refractivity contribution >= 4 is 34.1 Å². The van der Waals surface area contributed by atoms with Gasteiger partial charge in [-0.05, 0) is 48.5 Å². The molecule has 5 nitrogen and oxygen atoms in total. The molecule has 4 aromatic rings. The molecule has 0 spiro atoms. The highest BCUT2D eigenvalue weighted by atomic mass is 35.5. The number of alkyl halides is 3. The van der Waals surface area contributed by atoms with E-state index in [1.165, 1.54) is 36.5 Å². The highest BCUT2D eigenvalue weighted by molar-refractivity contribution is 6.34. The van der Waals surface area contributed by atoms with Crippen molar-refractivity contribution in [2.75, 3.05) is 5.32 Å². The van der Waals surface area contributed by atoms with E-state index < -0.39 is 23.5 Å². The van der Waals surface area contributed by atoms with Crippen LogP contribution in [0.1, 0.15) is 21.5 Å². The van der Waals surface area contributed by atoms with Crippen LogP contribution >= 0.6 is 11.6 Å². The van der Waals surface area contributed by atoms with Crippen LogP contribution in [0.15, 0.2) is 66.9 Å². The molecule has 1 aromatic heterocycles. The largest absolute Gasteiger partial charge is 0.457 e. The molecule has 34 heavy (non-hydrogen) atoms. The Kier molecular flexibility index (Phi) is 6.41. The van der Waals surface area contributed by atoms with E-state index >= 15 is 0 Å². The van der Waals surface area contributed by atoms with Gasteiger partial charge in [0.25, 0.3) is 5.91 Å². The van der Waals surface area contributed by atoms with E-state index in [0.29, 0.717) is 16.7 Å². The normalized spacial score (nSPS) is 11.5. The van der Waals surface area contributed by atoms with Gasteiger partial charge in [0, 0.05) is 23.7 Å². The third-order valence-electron chi connectivity index (χ3n) is 5.01. The second-order valence-electron chi connectivity index (χ2n) is 7.19. The van der Waals surface area contributed by atoms with Crippen molar-refractivity contribution in [1.29, 1.82) is 0 Å². The molecule has 0 bridgehead atoms. The predicted octanol–water partition coefficient (Wildman–Crippen LogP) is 6.55.